The van der Waals surface area contributed by atoms with Gasteiger partial charge in [-0.25, -0.2) is 0 Å². The Kier molecular flexibility index (Phi) is 7.44. The number of carbonyl (C=O) groups excluding carboxylic acids is 2. The zero-order chi connectivity index (χ0) is 21.2. The lowest BCUT2D eigenvalue weighted by Crippen LogP contribution is -2.21. The summed E-state index contributed by atoms with van der Waals surface area (Å²) in [5, 5.41) is 8.75. The molecule has 0 unspecified atom stereocenters. The van der Waals surface area contributed by atoms with Gasteiger partial charge in [0.25, 0.3) is 0 Å². The number of hydrogen-bond donors (Lipinski definition) is 3. The van der Waals surface area contributed by atoms with Gasteiger partial charge in [-0.05, 0) is 48.4 Å². The van der Waals surface area contributed by atoms with Crippen molar-refractivity contribution >= 4 is 28.9 Å². The molecule has 6 heteroatoms. The Morgan fingerprint density at radius 2 is 1.43 bits per heavy atom. The van der Waals surface area contributed by atoms with Crippen molar-refractivity contribution in [3.05, 3.63) is 84.4 Å². The monoisotopic (exact) mass is 403 g/mol. The molecule has 0 aromatic heterocycles. The average molecular weight is 403 g/mol. The summed E-state index contributed by atoms with van der Waals surface area (Å²) in [4.78, 5) is 24.3. The largest absolute Gasteiger partial charge is 0.497 e. The molecule has 0 fully saturated rings. The van der Waals surface area contributed by atoms with Gasteiger partial charge in [0, 0.05) is 29.5 Å². The van der Waals surface area contributed by atoms with Gasteiger partial charge in [0.1, 0.15) is 5.75 Å². The molecular formula is C24H25N3O3. The van der Waals surface area contributed by atoms with Crippen molar-refractivity contribution in [3.63, 3.8) is 0 Å². The minimum absolute atomic E-state index is 0.0434. The van der Waals surface area contributed by atoms with Crippen molar-refractivity contribution in [3.8, 4) is 5.75 Å². The van der Waals surface area contributed by atoms with Crippen LogP contribution in [0.15, 0.2) is 78.9 Å². The van der Waals surface area contributed by atoms with Crippen LogP contribution in [-0.4, -0.2) is 25.5 Å². The summed E-state index contributed by atoms with van der Waals surface area (Å²) in [6, 6.07) is 24.3. The third-order valence-electron chi connectivity index (χ3n) is 4.46. The van der Waals surface area contributed by atoms with E-state index in [-0.39, 0.29) is 18.4 Å². The highest BCUT2D eigenvalue weighted by atomic mass is 16.5. The quantitative estimate of drug-likeness (QED) is 0.497. The zero-order valence-electron chi connectivity index (χ0n) is 16.9. The number of hydrogen-bond acceptors (Lipinski definition) is 4. The van der Waals surface area contributed by atoms with Gasteiger partial charge in [-0.2, -0.15) is 0 Å². The molecule has 0 aliphatic heterocycles. The van der Waals surface area contributed by atoms with Crippen molar-refractivity contribution < 1.29 is 14.3 Å². The molecular weight excluding hydrogens is 378 g/mol. The van der Waals surface area contributed by atoms with Gasteiger partial charge >= 0.3 is 0 Å². The van der Waals surface area contributed by atoms with Crippen LogP contribution in [0, 0.1) is 0 Å². The zero-order valence-corrected chi connectivity index (χ0v) is 16.9. The van der Waals surface area contributed by atoms with E-state index in [1.165, 1.54) is 0 Å². The molecule has 0 atom stereocenters. The summed E-state index contributed by atoms with van der Waals surface area (Å²) in [5.74, 6) is 0.511. The van der Waals surface area contributed by atoms with Crippen molar-refractivity contribution in [2.24, 2.45) is 0 Å². The van der Waals surface area contributed by atoms with E-state index in [0.29, 0.717) is 24.2 Å². The van der Waals surface area contributed by atoms with Gasteiger partial charge in [-0.3, -0.25) is 9.59 Å². The van der Waals surface area contributed by atoms with Gasteiger partial charge in [-0.1, -0.05) is 36.4 Å². The first-order valence-corrected chi connectivity index (χ1v) is 9.74. The molecule has 154 valence electrons. The van der Waals surface area contributed by atoms with Crippen LogP contribution in [0.1, 0.15) is 12.0 Å². The Bertz CT molecular complexity index is 973. The Balaban J connectivity index is 1.43. The fourth-order valence-corrected chi connectivity index (χ4v) is 2.88. The molecule has 2 amide bonds. The summed E-state index contributed by atoms with van der Waals surface area (Å²) in [6.45, 7) is 0.130. The van der Waals surface area contributed by atoms with E-state index in [1.807, 2.05) is 54.6 Å². The highest BCUT2D eigenvalue weighted by Gasteiger charge is 2.06. The van der Waals surface area contributed by atoms with Crippen LogP contribution in [0.2, 0.25) is 0 Å². The van der Waals surface area contributed by atoms with Crippen molar-refractivity contribution in [2.75, 3.05) is 29.6 Å². The number of ether oxygens (including phenoxy) is 1. The number of nitrogens with one attached hydrogen (secondary N) is 3. The standard InChI is InChI=1S/C24H25N3O3/c1-30-22-9-5-8-21(16-22)25-17-24(29)27-20-13-11-19(12-14-20)26-23(28)15-10-18-6-3-2-4-7-18/h2-9,11-14,16,25H,10,15,17H2,1H3,(H,26,28)(H,27,29). The average Bonchev–Trinajstić information content (AvgIpc) is 2.78. The molecule has 0 aliphatic rings. The first kappa shape index (κ1) is 20.9. The molecule has 0 bridgehead atoms. The lowest BCUT2D eigenvalue weighted by Gasteiger charge is -2.10. The molecule has 3 rings (SSSR count). The van der Waals surface area contributed by atoms with Crippen LogP contribution in [0.4, 0.5) is 17.1 Å². The Hall–Kier alpha value is -3.80. The van der Waals surface area contributed by atoms with E-state index in [4.69, 9.17) is 4.74 Å². The predicted molar refractivity (Wildman–Crippen MR) is 120 cm³/mol. The Morgan fingerprint density at radius 1 is 0.767 bits per heavy atom. The number of aryl methyl sites for hydroxylation is 1. The van der Waals surface area contributed by atoms with E-state index >= 15 is 0 Å². The molecule has 0 saturated heterocycles. The van der Waals surface area contributed by atoms with Crippen LogP contribution in [0.3, 0.4) is 0 Å². The van der Waals surface area contributed by atoms with Crippen LogP contribution < -0.4 is 20.7 Å². The number of methoxy groups -OCH3 is 1. The van der Waals surface area contributed by atoms with E-state index in [9.17, 15) is 9.59 Å². The Labute approximate surface area is 176 Å². The third kappa shape index (κ3) is 6.67. The van der Waals surface area contributed by atoms with E-state index in [2.05, 4.69) is 16.0 Å². The number of benzene rings is 3. The second-order valence-corrected chi connectivity index (χ2v) is 6.74. The van der Waals surface area contributed by atoms with Gasteiger partial charge in [0.15, 0.2) is 0 Å². The molecule has 3 aromatic carbocycles. The van der Waals surface area contributed by atoms with Crippen molar-refractivity contribution in [1.82, 2.24) is 0 Å². The summed E-state index contributed by atoms with van der Waals surface area (Å²) < 4.78 is 5.16. The molecule has 3 aromatic rings. The molecule has 6 nitrogen and oxygen atoms in total. The molecule has 3 N–H and O–H groups in total. The van der Waals surface area contributed by atoms with Gasteiger partial charge in [0.2, 0.25) is 11.8 Å². The summed E-state index contributed by atoms with van der Waals surface area (Å²) >= 11 is 0. The Morgan fingerprint density at radius 3 is 2.10 bits per heavy atom. The predicted octanol–water partition coefficient (Wildman–Crippen LogP) is 4.32. The molecule has 0 saturated carbocycles. The minimum Gasteiger partial charge on any atom is -0.497 e. The number of anilines is 3. The number of amides is 2. The molecule has 0 aliphatic carbocycles. The van der Waals surface area contributed by atoms with E-state index in [1.54, 1.807) is 31.4 Å². The number of carbonyl (C=O) groups is 2. The second-order valence-electron chi connectivity index (χ2n) is 6.74. The smallest absolute Gasteiger partial charge is 0.243 e. The highest BCUT2D eigenvalue weighted by molar-refractivity contribution is 5.94. The molecule has 30 heavy (non-hydrogen) atoms. The first-order chi connectivity index (χ1) is 14.6. The van der Waals surface area contributed by atoms with Crippen LogP contribution in [0.5, 0.6) is 5.75 Å². The van der Waals surface area contributed by atoms with Gasteiger partial charge in [-0.15, -0.1) is 0 Å². The number of rotatable bonds is 9. The van der Waals surface area contributed by atoms with Crippen molar-refractivity contribution in [2.45, 2.75) is 12.8 Å². The van der Waals surface area contributed by atoms with Crippen LogP contribution in [-0.2, 0) is 16.0 Å². The summed E-state index contributed by atoms with van der Waals surface area (Å²) in [7, 11) is 1.60. The lowest BCUT2D eigenvalue weighted by atomic mass is 10.1. The lowest BCUT2D eigenvalue weighted by molar-refractivity contribution is -0.116. The second kappa shape index (κ2) is 10.7. The molecule has 0 heterocycles. The summed E-state index contributed by atoms with van der Waals surface area (Å²) in [6.07, 6.45) is 1.11. The maximum Gasteiger partial charge on any atom is 0.243 e. The normalized spacial score (nSPS) is 10.2. The SMILES string of the molecule is COc1cccc(NCC(=O)Nc2ccc(NC(=O)CCc3ccccc3)cc2)c1. The highest BCUT2D eigenvalue weighted by Crippen LogP contribution is 2.17. The van der Waals surface area contributed by atoms with Crippen molar-refractivity contribution in [1.29, 1.82) is 0 Å². The fraction of sp³-hybridized carbons (Fsp3) is 0.167. The first-order valence-electron chi connectivity index (χ1n) is 9.74. The third-order valence-corrected chi connectivity index (χ3v) is 4.46. The molecule has 0 radical (unpaired) electrons. The maximum atomic E-state index is 12.1. The maximum absolute atomic E-state index is 12.1. The van der Waals surface area contributed by atoms with Gasteiger partial charge in [0.05, 0.1) is 13.7 Å². The topological polar surface area (TPSA) is 79.5 Å². The minimum atomic E-state index is -0.169. The van der Waals surface area contributed by atoms with Crippen LogP contribution in [0.25, 0.3) is 0 Å². The van der Waals surface area contributed by atoms with Crippen LogP contribution >= 0.6 is 0 Å². The fourth-order valence-electron chi connectivity index (χ4n) is 2.88. The van der Waals surface area contributed by atoms with Gasteiger partial charge < -0.3 is 20.7 Å². The molecule has 0 spiro atoms. The summed E-state index contributed by atoms with van der Waals surface area (Å²) in [5.41, 5.74) is 3.29. The van der Waals surface area contributed by atoms with E-state index < -0.39 is 0 Å². The van der Waals surface area contributed by atoms with E-state index in [0.717, 1.165) is 17.0 Å².